The Balaban J connectivity index is 1.37. The van der Waals surface area contributed by atoms with Crippen molar-refractivity contribution in [2.75, 3.05) is 6.61 Å². The molecule has 0 spiro atoms. The van der Waals surface area contributed by atoms with E-state index in [1.165, 1.54) is 38.5 Å². The fourth-order valence-electron chi connectivity index (χ4n) is 5.32. The van der Waals surface area contributed by atoms with Crippen molar-refractivity contribution in [3.05, 3.63) is 0 Å². The summed E-state index contributed by atoms with van der Waals surface area (Å²) < 4.78 is 6.37. The maximum Gasteiger partial charge on any atom is 0.132 e. The highest BCUT2D eigenvalue weighted by atomic mass is 16.5. The molecule has 4 saturated carbocycles. The quantitative estimate of drug-likeness (QED) is 0.611. The van der Waals surface area contributed by atoms with Crippen molar-refractivity contribution < 1.29 is 9.53 Å². The summed E-state index contributed by atoms with van der Waals surface area (Å²) in [5, 5.41) is 0. The topological polar surface area (TPSA) is 26.3 Å². The van der Waals surface area contributed by atoms with Crippen molar-refractivity contribution in [3.8, 4) is 0 Å². The van der Waals surface area contributed by atoms with Crippen LogP contribution in [0.25, 0.3) is 0 Å². The molecule has 114 valence electrons. The Morgan fingerprint density at radius 2 is 1.60 bits per heavy atom. The number of hydrogen-bond donors (Lipinski definition) is 0. The summed E-state index contributed by atoms with van der Waals surface area (Å²) in [6.45, 7) is 2.96. The van der Waals surface area contributed by atoms with Crippen molar-refractivity contribution in [2.45, 2.75) is 83.2 Å². The predicted molar refractivity (Wildman–Crippen MR) is 80.6 cm³/mol. The first-order valence-corrected chi connectivity index (χ1v) is 8.85. The van der Waals surface area contributed by atoms with Crippen LogP contribution >= 0.6 is 0 Å². The van der Waals surface area contributed by atoms with Gasteiger partial charge in [-0.3, -0.25) is 4.79 Å². The number of ketones is 1. The van der Waals surface area contributed by atoms with Crippen LogP contribution in [0.2, 0.25) is 0 Å². The van der Waals surface area contributed by atoms with Crippen molar-refractivity contribution in [1.82, 2.24) is 0 Å². The Kier molecular flexibility index (Phi) is 4.49. The first-order valence-electron chi connectivity index (χ1n) is 8.85. The molecule has 2 nitrogen and oxygen atoms in total. The van der Waals surface area contributed by atoms with Gasteiger partial charge in [0.1, 0.15) is 5.78 Å². The summed E-state index contributed by atoms with van der Waals surface area (Å²) in [6.07, 6.45) is 13.0. The molecule has 0 aromatic carbocycles. The lowest BCUT2D eigenvalue weighted by atomic mass is 9.54. The van der Waals surface area contributed by atoms with Gasteiger partial charge in [0, 0.05) is 19.4 Å². The van der Waals surface area contributed by atoms with Gasteiger partial charge in [-0.1, -0.05) is 6.92 Å². The molecule has 4 rings (SSSR count). The molecular weight excluding hydrogens is 248 g/mol. The van der Waals surface area contributed by atoms with E-state index in [0.29, 0.717) is 5.78 Å². The molecule has 0 aromatic heterocycles. The fourth-order valence-corrected chi connectivity index (χ4v) is 5.32. The van der Waals surface area contributed by atoms with Crippen LogP contribution in [0.3, 0.4) is 0 Å². The van der Waals surface area contributed by atoms with Crippen LogP contribution in [-0.4, -0.2) is 18.0 Å². The summed E-state index contributed by atoms with van der Waals surface area (Å²) in [7, 11) is 0. The van der Waals surface area contributed by atoms with Crippen molar-refractivity contribution in [1.29, 1.82) is 0 Å². The Morgan fingerprint density at radius 3 is 2.15 bits per heavy atom. The predicted octanol–water partition coefficient (Wildman–Crippen LogP) is 4.51. The second-order valence-corrected chi connectivity index (χ2v) is 7.69. The summed E-state index contributed by atoms with van der Waals surface area (Å²) in [6, 6.07) is 0. The molecule has 0 radical (unpaired) electrons. The number of unbranched alkanes of at least 4 members (excludes halogenated alkanes) is 1. The van der Waals surface area contributed by atoms with Gasteiger partial charge in [0.25, 0.3) is 0 Å². The second kappa shape index (κ2) is 6.17. The molecule has 0 atom stereocenters. The molecule has 4 aliphatic carbocycles. The minimum absolute atomic E-state index is 0.252. The minimum atomic E-state index is 0.252. The van der Waals surface area contributed by atoms with Gasteiger partial charge < -0.3 is 4.74 Å². The number of carbonyl (C=O) groups is 1. The standard InChI is InChI=1S/C18H30O2/c1-2-5-17(19)6-3-4-7-20-18-11-14-8-15(12-18)10-16(9-14)13-18/h14-16H,2-13H2,1H3. The van der Waals surface area contributed by atoms with Crippen LogP contribution in [0.5, 0.6) is 0 Å². The lowest BCUT2D eigenvalue weighted by Gasteiger charge is -2.56. The first-order chi connectivity index (χ1) is 9.69. The van der Waals surface area contributed by atoms with E-state index in [2.05, 4.69) is 6.92 Å². The van der Waals surface area contributed by atoms with Gasteiger partial charge in [0.2, 0.25) is 0 Å². The number of ether oxygens (including phenoxy) is 1. The molecule has 0 amide bonds. The normalized spacial score (nSPS) is 38.4. The highest BCUT2D eigenvalue weighted by Crippen LogP contribution is 2.57. The highest BCUT2D eigenvalue weighted by molar-refractivity contribution is 5.78. The van der Waals surface area contributed by atoms with Gasteiger partial charge in [-0.05, 0) is 75.5 Å². The van der Waals surface area contributed by atoms with E-state index in [1.54, 1.807) is 0 Å². The molecule has 0 aromatic rings. The lowest BCUT2D eigenvalue weighted by Crippen LogP contribution is -2.52. The summed E-state index contributed by atoms with van der Waals surface area (Å²) >= 11 is 0. The second-order valence-electron chi connectivity index (χ2n) is 7.69. The Labute approximate surface area is 123 Å². The van der Waals surface area contributed by atoms with E-state index in [9.17, 15) is 4.79 Å². The average Bonchev–Trinajstić information content (AvgIpc) is 2.36. The van der Waals surface area contributed by atoms with Crippen LogP contribution < -0.4 is 0 Å². The minimum Gasteiger partial charge on any atom is -0.375 e. The Bertz CT molecular complexity index is 312. The molecule has 0 saturated heterocycles. The number of rotatable bonds is 8. The molecule has 0 aliphatic heterocycles. The Hall–Kier alpha value is -0.370. The fraction of sp³-hybridized carbons (Fsp3) is 0.944. The SMILES string of the molecule is CCCC(=O)CCCCOC12CC3CC(CC(C3)C1)C2. The summed E-state index contributed by atoms with van der Waals surface area (Å²) in [5.74, 6) is 3.33. The molecule has 0 N–H and O–H groups in total. The van der Waals surface area contributed by atoms with E-state index >= 15 is 0 Å². The summed E-state index contributed by atoms with van der Waals surface area (Å²) in [4.78, 5) is 11.5. The lowest BCUT2D eigenvalue weighted by molar-refractivity contribution is -0.162. The van der Waals surface area contributed by atoms with Crippen LogP contribution in [-0.2, 0) is 9.53 Å². The van der Waals surface area contributed by atoms with E-state index < -0.39 is 0 Å². The third-order valence-corrected chi connectivity index (χ3v) is 5.77. The Morgan fingerprint density at radius 1 is 1.00 bits per heavy atom. The molecular formula is C18H30O2. The van der Waals surface area contributed by atoms with Crippen molar-refractivity contribution in [2.24, 2.45) is 17.8 Å². The smallest absolute Gasteiger partial charge is 0.132 e. The summed E-state index contributed by atoms with van der Waals surface area (Å²) in [5.41, 5.74) is 0.252. The van der Waals surface area contributed by atoms with Crippen molar-refractivity contribution in [3.63, 3.8) is 0 Å². The molecule has 4 bridgehead atoms. The van der Waals surface area contributed by atoms with Crippen LogP contribution in [0.1, 0.15) is 77.6 Å². The largest absolute Gasteiger partial charge is 0.375 e. The van der Waals surface area contributed by atoms with Gasteiger partial charge in [-0.2, -0.15) is 0 Å². The molecule has 4 fully saturated rings. The maximum absolute atomic E-state index is 11.5. The van der Waals surface area contributed by atoms with Gasteiger partial charge in [0.05, 0.1) is 5.60 Å². The van der Waals surface area contributed by atoms with E-state index in [-0.39, 0.29) is 5.60 Å². The first kappa shape index (κ1) is 14.6. The number of hydrogen-bond acceptors (Lipinski definition) is 2. The molecule has 0 heterocycles. The monoisotopic (exact) mass is 278 g/mol. The van der Waals surface area contributed by atoms with Crippen LogP contribution in [0.15, 0.2) is 0 Å². The van der Waals surface area contributed by atoms with Gasteiger partial charge in [-0.15, -0.1) is 0 Å². The third kappa shape index (κ3) is 3.27. The maximum atomic E-state index is 11.5. The molecule has 2 heteroatoms. The van der Waals surface area contributed by atoms with Crippen LogP contribution in [0, 0.1) is 17.8 Å². The number of Topliss-reactive ketones (excluding diaryl/α,β-unsaturated/α-hetero) is 1. The molecule has 20 heavy (non-hydrogen) atoms. The highest BCUT2D eigenvalue weighted by Gasteiger charge is 2.51. The zero-order chi connectivity index (χ0) is 14.0. The van der Waals surface area contributed by atoms with E-state index in [4.69, 9.17) is 4.74 Å². The van der Waals surface area contributed by atoms with Crippen LogP contribution in [0.4, 0.5) is 0 Å². The zero-order valence-corrected chi connectivity index (χ0v) is 13.0. The van der Waals surface area contributed by atoms with Gasteiger partial charge in [0.15, 0.2) is 0 Å². The zero-order valence-electron chi connectivity index (χ0n) is 13.0. The van der Waals surface area contributed by atoms with E-state index in [1.807, 2.05) is 0 Å². The van der Waals surface area contributed by atoms with Crippen molar-refractivity contribution >= 4 is 5.78 Å². The van der Waals surface area contributed by atoms with Gasteiger partial charge >= 0.3 is 0 Å². The number of carbonyl (C=O) groups excluding carboxylic acids is 1. The third-order valence-electron chi connectivity index (χ3n) is 5.77. The average molecular weight is 278 g/mol. The molecule has 0 unspecified atom stereocenters. The van der Waals surface area contributed by atoms with E-state index in [0.717, 1.165) is 56.5 Å². The van der Waals surface area contributed by atoms with Gasteiger partial charge in [-0.25, -0.2) is 0 Å². The molecule has 4 aliphatic rings.